The zero-order valence-electron chi connectivity index (χ0n) is 10.9. The average Bonchev–Trinajstić information content (AvgIpc) is 2.40. The van der Waals surface area contributed by atoms with E-state index >= 15 is 0 Å². The van der Waals surface area contributed by atoms with Crippen molar-refractivity contribution in [2.75, 3.05) is 10.5 Å². The number of nitrogens with zero attached hydrogens (tertiary/aromatic N) is 1. The van der Waals surface area contributed by atoms with Crippen molar-refractivity contribution < 1.29 is 12.8 Å². The lowest BCUT2D eigenvalue weighted by Crippen LogP contribution is -2.16. The summed E-state index contributed by atoms with van der Waals surface area (Å²) in [4.78, 5) is -0.578. The van der Waals surface area contributed by atoms with Crippen LogP contribution in [0.25, 0.3) is 0 Å². The number of halogens is 1. The molecule has 0 atom stereocenters. The van der Waals surface area contributed by atoms with Crippen LogP contribution in [0.15, 0.2) is 47.4 Å². The van der Waals surface area contributed by atoms with Crippen molar-refractivity contribution in [1.82, 2.24) is 0 Å². The van der Waals surface area contributed by atoms with Crippen molar-refractivity contribution in [3.63, 3.8) is 0 Å². The van der Waals surface area contributed by atoms with Gasteiger partial charge in [0.05, 0.1) is 18.2 Å². The summed E-state index contributed by atoms with van der Waals surface area (Å²) in [5.41, 5.74) is 6.38. The van der Waals surface area contributed by atoms with Crippen LogP contribution in [0.4, 0.5) is 15.8 Å². The van der Waals surface area contributed by atoms with Crippen LogP contribution in [0.1, 0.15) is 5.56 Å². The molecule has 0 aliphatic heterocycles. The predicted octanol–water partition coefficient (Wildman–Crippen LogP) is 2.27. The Morgan fingerprint density at radius 2 is 1.86 bits per heavy atom. The van der Waals surface area contributed by atoms with Crippen LogP contribution in [-0.4, -0.2) is 8.42 Å². The van der Waals surface area contributed by atoms with Crippen LogP contribution in [0, 0.1) is 17.1 Å². The van der Waals surface area contributed by atoms with Gasteiger partial charge in [-0.2, -0.15) is 5.26 Å². The van der Waals surface area contributed by atoms with Crippen molar-refractivity contribution >= 4 is 21.4 Å². The molecule has 0 aromatic heterocycles. The monoisotopic (exact) mass is 305 g/mol. The van der Waals surface area contributed by atoms with Gasteiger partial charge in [-0.25, -0.2) is 12.8 Å². The molecule has 7 heteroatoms. The number of nitriles is 1. The van der Waals surface area contributed by atoms with Crippen LogP contribution < -0.4 is 10.5 Å². The van der Waals surface area contributed by atoms with Crippen molar-refractivity contribution in [2.24, 2.45) is 0 Å². The number of nitrogens with one attached hydrogen (secondary N) is 1. The van der Waals surface area contributed by atoms with Crippen LogP contribution in [0.3, 0.4) is 0 Å². The highest BCUT2D eigenvalue weighted by molar-refractivity contribution is 7.92. The molecule has 108 valence electrons. The van der Waals surface area contributed by atoms with Crippen LogP contribution >= 0.6 is 0 Å². The second-order valence-corrected chi connectivity index (χ2v) is 5.91. The Balaban J connectivity index is 2.32. The molecule has 0 heterocycles. The molecule has 2 rings (SSSR count). The molecule has 0 aliphatic rings. The second-order valence-electron chi connectivity index (χ2n) is 4.30. The first kappa shape index (κ1) is 14.8. The van der Waals surface area contributed by atoms with Gasteiger partial charge in [0.2, 0.25) is 0 Å². The van der Waals surface area contributed by atoms with Gasteiger partial charge in [0.15, 0.2) is 0 Å². The zero-order chi connectivity index (χ0) is 15.5. The number of anilines is 2. The van der Waals surface area contributed by atoms with Gasteiger partial charge >= 0.3 is 0 Å². The van der Waals surface area contributed by atoms with E-state index < -0.39 is 20.7 Å². The van der Waals surface area contributed by atoms with Crippen molar-refractivity contribution in [3.05, 3.63) is 53.8 Å². The third kappa shape index (κ3) is 3.30. The third-order valence-electron chi connectivity index (χ3n) is 2.76. The standard InChI is InChI=1S/C14H12FN3O2S/c15-12-2-1-3-13(17)14(12)21(19,20)18-11-6-4-10(5-7-11)8-9-16/h1-7,18H,8,17H2. The second kappa shape index (κ2) is 5.81. The fourth-order valence-electron chi connectivity index (χ4n) is 1.80. The number of rotatable bonds is 4. The van der Waals surface area contributed by atoms with Gasteiger partial charge in [-0.15, -0.1) is 0 Å². The normalized spacial score (nSPS) is 10.9. The Morgan fingerprint density at radius 1 is 1.19 bits per heavy atom. The zero-order valence-corrected chi connectivity index (χ0v) is 11.7. The Kier molecular flexibility index (Phi) is 4.10. The van der Waals surface area contributed by atoms with E-state index in [0.29, 0.717) is 0 Å². The Labute approximate surface area is 121 Å². The average molecular weight is 305 g/mol. The SMILES string of the molecule is N#CCc1ccc(NS(=O)(=O)c2c(N)cccc2F)cc1. The van der Waals surface area contributed by atoms with E-state index in [0.717, 1.165) is 11.6 Å². The van der Waals surface area contributed by atoms with Gasteiger partial charge < -0.3 is 5.73 Å². The molecule has 0 amide bonds. The number of benzene rings is 2. The topological polar surface area (TPSA) is 96.0 Å². The van der Waals surface area contributed by atoms with Gasteiger partial charge in [-0.1, -0.05) is 18.2 Å². The summed E-state index contributed by atoms with van der Waals surface area (Å²) < 4.78 is 40.3. The van der Waals surface area contributed by atoms with Crippen LogP contribution in [0.2, 0.25) is 0 Å². The molecular weight excluding hydrogens is 293 g/mol. The molecule has 2 aromatic rings. The molecule has 21 heavy (non-hydrogen) atoms. The van der Waals surface area contributed by atoms with Crippen LogP contribution in [-0.2, 0) is 16.4 Å². The number of sulfonamides is 1. The maximum atomic E-state index is 13.7. The molecule has 0 spiro atoms. The molecule has 0 radical (unpaired) electrons. The minimum atomic E-state index is -4.11. The maximum Gasteiger partial charge on any atom is 0.266 e. The summed E-state index contributed by atoms with van der Waals surface area (Å²) in [6.07, 6.45) is 0.229. The predicted molar refractivity (Wildman–Crippen MR) is 77.4 cm³/mol. The summed E-state index contributed by atoms with van der Waals surface area (Å²) in [5, 5.41) is 8.57. The van der Waals surface area contributed by atoms with Crippen molar-refractivity contribution in [1.29, 1.82) is 5.26 Å². The van der Waals surface area contributed by atoms with Crippen molar-refractivity contribution in [2.45, 2.75) is 11.3 Å². The first-order valence-electron chi connectivity index (χ1n) is 5.97. The van der Waals surface area contributed by atoms with Gasteiger partial charge in [0.1, 0.15) is 10.7 Å². The fraction of sp³-hybridized carbons (Fsp3) is 0.0714. The van der Waals surface area contributed by atoms with E-state index in [1.54, 1.807) is 12.1 Å². The lowest BCUT2D eigenvalue weighted by atomic mass is 10.1. The molecule has 0 bridgehead atoms. The third-order valence-corrected chi connectivity index (χ3v) is 4.23. The summed E-state index contributed by atoms with van der Waals surface area (Å²) in [6.45, 7) is 0. The van der Waals surface area contributed by atoms with E-state index in [1.165, 1.54) is 24.3 Å². The first-order valence-corrected chi connectivity index (χ1v) is 7.45. The summed E-state index contributed by atoms with van der Waals surface area (Å²) in [5.74, 6) is -0.913. The Bertz CT molecular complexity index is 776. The largest absolute Gasteiger partial charge is 0.398 e. The van der Waals surface area contributed by atoms with E-state index in [2.05, 4.69) is 4.72 Å². The number of nitrogens with two attached hydrogens (primary N) is 1. The Morgan fingerprint density at radius 3 is 2.43 bits per heavy atom. The number of hydrogen-bond donors (Lipinski definition) is 2. The number of hydrogen-bond acceptors (Lipinski definition) is 4. The number of nitrogen functional groups attached to an aromatic ring is 1. The van der Waals surface area contributed by atoms with E-state index in [9.17, 15) is 12.8 Å². The lowest BCUT2D eigenvalue weighted by Gasteiger charge is -2.11. The molecule has 2 aromatic carbocycles. The molecule has 0 fully saturated rings. The minimum absolute atomic E-state index is 0.163. The minimum Gasteiger partial charge on any atom is -0.398 e. The first-order chi connectivity index (χ1) is 9.94. The van der Waals surface area contributed by atoms with E-state index in [-0.39, 0.29) is 17.8 Å². The molecule has 0 saturated carbocycles. The molecule has 3 N–H and O–H groups in total. The highest BCUT2D eigenvalue weighted by Crippen LogP contribution is 2.24. The summed E-state index contributed by atoms with van der Waals surface area (Å²) in [6, 6.07) is 11.9. The molecule has 5 nitrogen and oxygen atoms in total. The molecular formula is C14H12FN3O2S. The Hall–Kier alpha value is -2.59. The smallest absolute Gasteiger partial charge is 0.266 e. The van der Waals surface area contributed by atoms with Crippen molar-refractivity contribution in [3.8, 4) is 6.07 Å². The van der Waals surface area contributed by atoms with Crippen LogP contribution in [0.5, 0.6) is 0 Å². The quantitative estimate of drug-likeness (QED) is 0.847. The van der Waals surface area contributed by atoms with E-state index in [1.807, 2.05) is 6.07 Å². The highest BCUT2D eigenvalue weighted by atomic mass is 32.2. The molecule has 0 unspecified atom stereocenters. The van der Waals surface area contributed by atoms with Gasteiger partial charge in [-0.3, -0.25) is 4.72 Å². The maximum absolute atomic E-state index is 13.7. The van der Waals surface area contributed by atoms with Gasteiger partial charge in [0, 0.05) is 5.69 Å². The van der Waals surface area contributed by atoms with Gasteiger partial charge in [0.25, 0.3) is 10.0 Å². The molecule has 0 aliphatic carbocycles. The highest BCUT2D eigenvalue weighted by Gasteiger charge is 2.22. The van der Waals surface area contributed by atoms with Gasteiger partial charge in [-0.05, 0) is 29.8 Å². The summed E-state index contributed by atoms with van der Waals surface area (Å²) in [7, 11) is -4.11. The fourth-order valence-corrected chi connectivity index (χ4v) is 3.05. The molecule has 0 saturated heterocycles. The van der Waals surface area contributed by atoms with E-state index in [4.69, 9.17) is 11.0 Å². The lowest BCUT2D eigenvalue weighted by molar-refractivity contribution is 0.572. The summed E-state index contributed by atoms with van der Waals surface area (Å²) >= 11 is 0.